The van der Waals surface area contributed by atoms with Gasteiger partial charge in [-0.3, -0.25) is 0 Å². The molecule has 0 aromatic heterocycles. The first-order chi connectivity index (χ1) is 11.3. The molecule has 0 saturated heterocycles. The van der Waals surface area contributed by atoms with E-state index >= 15 is 0 Å². The number of hydrogen-bond donors (Lipinski definition) is 1. The van der Waals surface area contributed by atoms with Gasteiger partial charge in [-0.15, -0.1) is 20.2 Å². The van der Waals surface area contributed by atoms with Gasteiger partial charge in [-0.2, -0.15) is 0 Å². The second kappa shape index (κ2) is 5.72. The van der Waals surface area contributed by atoms with E-state index in [0.717, 1.165) is 44.9 Å². The van der Waals surface area contributed by atoms with Gasteiger partial charge in [-0.25, -0.2) is 0 Å². The van der Waals surface area contributed by atoms with Crippen LogP contribution in [0.1, 0.15) is 51.9 Å². The van der Waals surface area contributed by atoms with Crippen LogP contribution >= 0.6 is 0 Å². The Labute approximate surface area is 140 Å². The average Bonchev–Trinajstić information content (AvgIpc) is 2.49. The van der Waals surface area contributed by atoms with Crippen LogP contribution in [-0.2, 0) is 9.68 Å². The second-order valence-electron chi connectivity index (χ2n) is 8.27. The van der Waals surface area contributed by atoms with Gasteiger partial charge in [0.25, 0.3) is 10.2 Å². The third-order valence-electron chi connectivity index (χ3n) is 6.75. The topological polar surface area (TPSA) is 131 Å². The highest BCUT2D eigenvalue weighted by atomic mass is 17.0. The molecule has 5 unspecified atom stereocenters. The van der Waals surface area contributed by atoms with Crippen LogP contribution in [0.15, 0.2) is 0 Å². The Balaban J connectivity index is 1.93. The fraction of sp³-hybridized carbons (Fsp3) is 1.00. The SMILES string of the molecule is CCC12CC3CC(CN)(C1)CC(C(CO[N+](=O)[O-])O[N+](=O)[O-])(C3)C2. The lowest BCUT2D eigenvalue weighted by Gasteiger charge is -2.67. The van der Waals surface area contributed by atoms with E-state index in [4.69, 9.17) is 10.6 Å². The predicted molar refractivity (Wildman–Crippen MR) is 82.7 cm³/mol. The van der Waals surface area contributed by atoms with Gasteiger partial charge in [-0.1, -0.05) is 13.3 Å². The first-order valence-electron chi connectivity index (χ1n) is 8.55. The van der Waals surface area contributed by atoms with Gasteiger partial charge in [0.2, 0.25) is 0 Å². The predicted octanol–water partition coefficient (Wildman–Crippen LogP) is 2.10. The molecule has 0 amide bonds. The first kappa shape index (κ1) is 17.2. The number of rotatable bonds is 8. The first-order valence-corrected chi connectivity index (χ1v) is 8.55. The van der Waals surface area contributed by atoms with Crippen LogP contribution in [0.25, 0.3) is 0 Å². The lowest BCUT2D eigenvalue weighted by molar-refractivity contribution is -0.794. The summed E-state index contributed by atoms with van der Waals surface area (Å²) in [5, 5.41) is 19.8. The van der Waals surface area contributed by atoms with Gasteiger partial charge < -0.3 is 15.4 Å². The molecule has 24 heavy (non-hydrogen) atoms. The minimum atomic E-state index is -0.918. The number of hydrogen-bond acceptors (Lipinski definition) is 7. The zero-order valence-corrected chi connectivity index (χ0v) is 13.9. The normalized spacial score (nSPS) is 41.0. The molecule has 2 N–H and O–H groups in total. The lowest BCUT2D eigenvalue weighted by Crippen LogP contribution is -2.63. The van der Waals surface area contributed by atoms with Crippen molar-refractivity contribution in [2.24, 2.45) is 27.9 Å². The quantitative estimate of drug-likeness (QED) is 0.527. The average molecular weight is 343 g/mol. The highest BCUT2D eigenvalue weighted by Gasteiger charge is 2.64. The van der Waals surface area contributed by atoms with E-state index in [9.17, 15) is 20.2 Å². The van der Waals surface area contributed by atoms with Crippen LogP contribution in [0, 0.1) is 42.4 Å². The van der Waals surface area contributed by atoms with Gasteiger partial charge in [0, 0.05) is 5.41 Å². The number of nitrogens with zero attached hydrogens (tertiary/aromatic N) is 2. The molecule has 4 bridgehead atoms. The maximum Gasteiger partial charge on any atom is 0.294 e. The maximum atomic E-state index is 11.0. The maximum absolute atomic E-state index is 11.0. The van der Waals surface area contributed by atoms with Crippen molar-refractivity contribution in [1.82, 2.24) is 0 Å². The largest absolute Gasteiger partial charge is 0.330 e. The van der Waals surface area contributed by atoms with Crippen LogP contribution in [0.2, 0.25) is 0 Å². The Bertz CT molecular complexity index is 521. The molecule has 4 saturated carbocycles. The van der Waals surface area contributed by atoms with Crippen LogP contribution in [-0.4, -0.2) is 29.4 Å². The van der Waals surface area contributed by atoms with Crippen molar-refractivity contribution in [3.63, 3.8) is 0 Å². The van der Waals surface area contributed by atoms with Gasteiger partial charge in [-0.05, 0) is 61.8 Å². The summed E-state index contributed by atoms with van der Waals surface area (Å²) in [6.45, 7) is 2.30. The third kappa shape index (κ3) is 2.78. The van der Waals surface area contributed by atoms with E-state index in [-0.39, 0.29) is 10.8 Å². The zero-order valence-electron chi connectivity index (χ0n) is 13.9. The molecule has 136 valence electrons. The summed E-state index contributed by atoms with van der Waals surface area (Å²) in [5.41, 5.74) is 5.74. The minimum Gasteiger partial charge on any atom is -0.330 e. The summed E-state index contributed by atoms with van der Waals surface area (Å²) < 4.78 is 0. The van der Waals surface area contributed by atoms with Crippen molar-refractivity contribution in [2.45, 2.75) is 58.0 Å². The molecule has 0 aromatic rings. The third-order valence-corrected chi connectivity index (χ3v) is 6.75. The van der Waals surface area contributed by atoms with Crippen molar-refractivity contribution >= 4 is 0 Å². The summed E-state index contributed by atoms with van der Waals surface area (Å²) in [7, 11) is 0. The summed E-state index contributed by atoms with van der Waals surface area (Å²) in [5.74, 6) is 0.457. The highest BCUT2D eigenvalue weighted by molar-refractivity contribution is 5.14. The van der Waals surface area contributed by atoms with E-state index in [1.54, 1.807) is 0 Å². The molecule has 4 rings (SSSR count). The van der Waals surface area contributed by atoms with Gasteiger partial charge in [0.1, 0.15) is 12.7 Å². The van der Waals surface area contributed by atoms with E-state index in [0.29, 0.717) is 12.5 Å². The molecule has 4 aliphatic carbocycles. The Hall–Kier alpha value is -1.64. The van der Waals surface area contributed by atoms with Crippen LogP contribution in [0.5, 0.6) is 0 Å². The fourth-order valence-corrected chi connectivity index (χ4v) is 6.46. The Morgan fingerprint density at radius 1 is 1.12 bits per heavy atom. The van der Waals surface area contributed by atoms with E-state index in [1.807, 2.05) is 0 Å². The number of nitrogens with two attached hydrogens (primary N) is 1. The molecular formula is C15H25N3O6. The molecule has 0 aromatic carbocycles. The van der Waals surface area contributed by atoms with Crippen molar-refractivity contribution in [3.05, 3.63) is 20.2 Å². The fourth-order valence-electron chi connectivity index (χ4n) is 6.46. The standard InChI is InChI=1S/C15H25N3O6/c1-2-13-3-11-4-14(7-13,10-16)9-15(5-11,8-13)12(24-18(21)22)6-23-17(19)20/h11-12H,2-10,16H2,1H3. The lowest BCUT2D eigenvalue weighted by atomic mass is 9.38. The molecule has 5 atom stereocenters. The second-order valence-corrected chi connectivity index (χ2v) is 8.27. The highest BCUT2D eigenvalue weighted by Crippen LogP contribution is 2.71. The molecule has 0 radical (unpaired) electrons. The van der Waals surface area contributed by atoms with Crippen molar-refractivity contribution in [3.8, 4) is 0 Å². The summed E-state index contributed by atoms with van der Waals surface area (Å²) in [6.07, 6.45) is 5.63. The molecule has 0 spiro atoms. The molecule has 0 aliphatic heterocycles. The van der Waals surface area contributed by atoms with Crippen molar-refractivity contribution in [1.29, 1.82) is 0 Å². The van der Waals surface area contributed by atoms with E-state index < -0.39 is 28.3 Å². The molecule has 0 heterocycles. The van der Waals surface area contributed by atoms with Gasteiger partial charge >= 0.3 is 0 Å². The summed E-state index contributed by atoms with van der Waals surface area (Å²) in [6, 6.07) is 0. The van der Waals surface area contributed by atoms with Crippen LogP contribution in [0.3, 0.4) is 0 Å². The Morgan fingerprint density at radius 3 is 2.38 bits per heavy atom. The van der Waals surface area contributed by atoms with Crippen molar-refractivity contribution < 1.29 is 19.8 Å². The summed E-state index contributed by atoms with van der Waals surface area (Å²) in [4.78, 5) is 31.0. The van der Waals surface area contributed by atoms with Gasteiger partial charge in [0.15, 0.2) is 0 Å². The zero-order chi connectivity index (χ0) is 17.6. The molecule has 9 heteroatoms. The smallest absolute Gasteiger partial charge is 0.294 e. The Kier molecular flexibility index (Phi) is 4.09. The molecule has 4 aliphatic rings. The van der Waals surface area contributed by atoms with E-state index in [1.165, 1.54) is 0 Å². The molecule has 9 nitrogen and oxygen atoms in total. The molecular weight excluding hydrogens is 318 g/mol. The molecule has 4 fully saturated rings. The van der Waals surface area contributed by atoms with Gasteiger partial charge in [0.05, 0.1) is 0 Å². The van der Waals surface area contributed by atoms with Crippen LogP contribution < -0.4 is 5.73 Å². The Morgan fingerprint density at radius 2 is 1.79 bits per heavy atom. The van der Waals surface area contributed by atoms with Crippen molar-refractivity contribution in [2.75, 3.05) is 13.2 Å². The summed E-state index contributed by atoms with van der Waals surface area (Å²) >= 11 is 0. The van der Waals surface area contributed by atoms with Crippen LogP contribution in [0.4, 0.5) is 0 Å². The minimum absolute atomic E-state index is 0.0255. The monoisotopic (exact) mass is 343 g/mol. The van der Waals surface area contributed by atoms with E-state index in [2.05, 4.69) is 11.8 Å².